The van der Waals surface area contributed by atoms with Crippen molar-refractivity contribution in [2.24, 2.45) is 5.92 Å². The third-order valence-electron chi connectivity index (χ3n) is 8.77. The lowest BCUT2D eigenvalue weighted by molar-refractivity contribution is 0.0967. The maximum Gasteiger partial charge on any atom is 0.327 e. The van der Waals surface area contributed by atoms with Crippen LogP contribution < -0.4 is 10.6 Å². The number of carbonyl (C=O) groups is 2. The van der Waals surface area contributed by atoms with Gasteiger partial charge in [-0.2, -0.15) is 5.10 Å². The number of nitrogens with zero attached hydrogens (tertiary/aromatic N) is 4. The van der Waals surface area contributed by atoms with E-state index in [4.69, 9.17) is 11.6 Å². The summed E-state index contributed by atoms with van der Waals surface area (Å²) in [5.41, 5.74) is 3.97. The SMILES string of the molecule is CCCCCCCCC(c1ccc2nc(NC(=O)NC(=O)c3cc(-n4cccn4)c(C)cc3Cl)sc2c1)C1CCN(C)CC1. The Bertz CT molecular complexity index is 1560. The molecule has 3 amide bonds. The molecule has 4 aromatic rings. The standard InChI is InChI=1S/C34H43ClN6O2S/c1-4-5-6-7-8-9-11-26(24-14-18-40(3)19-15-24)25-12-13-29-31(21-25)44-34(37-29)39-33(43)38-32(42)27-22-30(23(2)20-28(27)35)41-17-10-16-36-41/h10,12-13,16-17,20-22,24,26H,4-9,11,14-15,18-19H2,1-3H3,(H2,37,38,39,42,43). The molecular formula is C34H43ClN6O2S. The number of rotatable bonds is 12. The van der Waals surface area contributed by atoms with Crippen LogP contribution in [0, 0.1) is 12.8 Å². The molecule has 1 saturated heterocycles. The zero-order valence-electron chi connectivity index (χ0n) is 25.9. The summed E-state index contributed by atoms with van der Waals surface area (Å²) in [5.74, 6) is 0.619. The van der Waals surface area contributed by atoms with Gasteiger partial charge in [0, 0.05) is 12.4 Å². The van der Waals surface area contributed by atoms with Crippen molar-refractivity contribution in [1.29, 1.82) is 0 Å². The van der Waals surface area contributed by atoms with Gasteiger partial charge in [-0.1, -0.05) is 74.5 Å². The van der Waals surface area contributed by atoms with Crippen LogP contribution in [0.5, 0.6) is 0 Å². The zero-order chi connectivity index (χ0) is 31.1. The van der Waals surface area contributed by atoms with Crippen LogP contribution >= 0.6 is 22.9 Å². The molecular weight excluding hydrogens is 592 g/mol. The van der Waals surface area contributed by atoms with E-state index in [0.717, 1.165) is 28.9 Å². The van der Waals surface area contributed by atoms with Crippen molar-refractivity contribution in [2.75, 3.05) is 25.5 Å². The Kier molecular flexibility index (Phi) is 11.1. The highest BCUT2D eigenvalue weighted by Crippen LogP contribution is 2.39. The number of hydrogen-bond donors (Lipinski definition) is 2. The van der Waals surface area contributed by atoms with Crippen molar-refractivity contribution in [2.45, 2.75) is 77.6 Å². The first-order chi connectivity index (χ1) is 21.3. The first-order valence-corrected chi connectivity index (χ1v) is 17.0. The molecule has 5 rings (SSSR count). The Morgan fingerprint density at radius 3 is 2.61 bits per heavy atom. The van der Waals surface area contributed by atoms with Crippen LogP contribution in [0.3, 0.4) is 0 Å². The minimum absolute atomic E-state index is 0.192. The summed E-state index contributed by atoms with van der Waals surface area (Å²) < 4.78 is 2.69. The highest BCUT2D eigenvalue weighted by atomic mass is 35.5. The number of amides is 3. The Balaban J connectivity index is 1.26. The van der Waals surface area contributed by atoms with Crippen LogP contribution in [0.15, 0.2) is 48.8 Å². The summed E-state index contributed by atoms with van der Waals surface area (Å²) in [6, 6.07) is 11.0. The number of carbonyl (C=O) groups excluding carboxylic acids is 2. The Labute approximate surface area is 269 Å². The van der Waals surface area contributed by atoms with E-state index in [0.29, 0.717) is 22.7 Å². The van der Waals surface area contributed by atoms with Gasteiger partial charge in [0.05, 0.1) is 26.5 Å². The van der Waals surface area contributed by atoms with Gasteiger partial charge in [0.1, 0.15) is 0 Å². The fourth-order valence-corrected chi connectivity index (χ4v) is 7.48. The zero-order valence-corrected chi connectivity index (χ0v) is 27.5. The van der Waals surface area contributed by atoms with Gasteiger partial charge < -0.3 is 4.90 Å². The predicted octanol–water partition coefficient (Wildman–Crippen LogP) is 8.58. The molecule has 234 valence electrons. The molecule has 1 atom stereocenters. The van der Waals surface area contributed by atoms with E-state index in [1.165, 1.54) is 74.7 Å². The number of thiazole rings is 1. The Morgan fingerprint density at radius 2 is 1.86 bits per heavy atom. The van der Waals surface area contributed by atoms with Gasteiger partial charge in [0.2, 0.25) is 0 Å². The van der Waals surface area contributed by atoms with Crippen LogP contribution in [0.25, 0.3) is 15.9 Å². The maximum atomic E-state index is 13.0. The predicted molar refractivity (Wildman–Crippen MR) is 180 cm³/mol. The quantitative estimate of drug-likeness (QED) is 0.152. The van der Waals surface area contributed by atoms with E-state index in [-0.39, 0.29) is 10.6 Å². The summed E-state index contributed by atoms with van der Waals surface area (Å²) in [7, 11) is 2.22. The lowest BCUT2D eigenvalue weighted by Crippen LogP contribution is -2.34. The number of imide groups is 1. The van der Waals surface area contributed by atoms with Crippen molar-refractivity contribution < 1.29 is 9.59 Å². The van der Waals surface area contributed by atoms with E-state index in [9.17, 15) is 9.59 Å². The second-order valence-corrected chi connectivity index (χ2v) is 13.5. The molecule has 2 aromatic carbocycles. The summed E-state index contributed by atoms with van der Waals surface area (Å²) >= 11 is 7.81. The van der Waals surface area contributed by atoms with Gasteiger partial charge in [0.15, 0.2) is 5.13 Å². The molecule has 1 aliphatic heterocycles. The summed E-state index contributed by atoms with van der Waals surface area (Å²) in [4.78, 5) is 32.9. The van der Waals surface area contributed by atoms with Gasteiger partial charge in [-0.3, -0.25) is 15.4 Å². The molecule has 0 saturated carbocycles. The summed E-state index contributed by atoms with van der Waals surface area (Å²) in [5, 5.41) is 10.1. The normalized spacial score (nSPS) is 15.0. The number of hydrogen-bond acceptors (Lipinski definition) is 6. The van der Waals surface area contributed by atoms with Gasteiger partial charge >= 0.3 is 6.03 Å². The summed E-state index contributed by atoms with van der Waals surface area (Å²) in [6.07, 6.45) is 14.9. The number of piperidine rings is 1. The number of unbranched alkanes of at least 4 members (excludes halogenated alkanes) is 5. The largest absolute Gasteiger partial charge is 0.327 e. The van der Waals surface area contributed by atoms with Gasteiger partial charge in [0.25, 0.3) is 5.91 Å². The third kappa shape index (κ3) is 8.06. The number of fused-ring (bicyclic) bond motifs is 1. The Hall–Kier alpha value is -3.27. The summed E-state index contributed by atoms with van der Waals surface area (Å²) in [6.45, 7) is 6.46. The van der Waals surface area contributed by atoms with Crippen molar-refractivity contribution in [3.8, 4) is 5.69 Å². The van der Waals surface area contributed by atoms with E-state index in [1.807, 2.05) is 6.92 Å². The molecule has 1 fully saturated rings. The van der Waals surface area contributed by atoms with Crippen molar-refractivity contribution in [3.05, 3.63) is 70.5 Å². The molecule has 0 aliphatic carbocycles. The second-order valence-electron chi connectivity index (χ2n) is 12.0. The number of anilines is 1. The van der Waals surface area contributed by atoms with E-state index in [2.05, 4.69) is 57.8 Å². The second kappa shape index (κ2) is 15.1. The van der Waals surface area contributed by atoms with Crippen LogP contribution in [0.2, 0.25) is 5.02 Å². The van der Waals surface area contributed by atoms with Crippen LogP contribution in [-0.4, -0.2) is 51.7 Å². The number of benzene rings is 2. The topological polar surface area (TPSA) is 92.2 Å². The number of nitrogens with one attached hydrogen (secondary N) is 2. The maximum absolute atomic E-state index is 13.0. The van der Waals surface area contributed by atoms with E-state index < -0.39 is 11.9 Å². The lowest BCUT2D eigenvalue weighted by Gasteiger charge is -2.35. The van der Waals surface area contributed by atoms with Crippen LogP contribution in [-0.2, 0) is 0 Å². The molecule has 2 aromatic heterocycles. The number of aromatic nitrogens is 3. The Morgan fingerprint density at radius 1 is 1.09 bits per heavy atom. The molecule has 0 radical (unpaired) electrons. The van der Waals surface area contributed by atoms with Crippen LogP contribution in [0.1, 0.15) is 92.1 Å². The van der Waals surface area contributed by atoms with Crippen LogP contribution in [0.4, 0.5) is 9.93 Å². The van der Waals surface area contributed by atoms with E-state index in [1.54, 1.807) is 35.3 Å². The van der Waals surface area contributed by atoms with Gasteiger partial charge in [-0.05, 0) is 99.6 Å². The molecule has 0 bridgehead atoms. The fourth-order valence-electron chi connectivity index (χ4n) is 6.27. The number of aryl methyl sites for hydroxylation is 1. The molecule has 44 heavy (non-hydrogen) atoms. The van der Waals surface area contributed by atoms with E-state index >= 15 is 0 Å². The third-order valence-corrected chi connectivity index (χ3v) is 10.0. The fraction of sp³-hybridized carbons (Fsp3) is 0.471. The molecule has 10 heteroatoms. The molecule has 8 nitrogen and oxygen atoms in total. The number of urea groups is 1. The first-order valence-electron chi connectivity index (χ1n) is 15.8. The molecule has 2 N–H and O–H groups in total. The molecule has 0 spiro atoms. The minimum Gasteiger partial charge on any atom is -0.306 e. The van der Waals surface area contributed by atoms with Gasteiger partial charge in [-0.25, -0.2) is 14.5 Å². The lowest BCUT2D eigenvalue weighted by atomic mass is 9.77. The molecule has 1 unspecified atom stereocenters. The molecule has 1 aliphatic rings. The average molecular weight is 635 g/mol. The number of halogens is 1. The van der Waals surface area contributed by atoms with Gasteiger partial charge in [-0.15, -0.1) is 0 Å². The monoisotopic (exact) mass is 634 g/mol. The highest BCUT2D eigenvalue weighted by Gasteiger charge is 2.27. The smallest absolute Gasteiger partial charge is 0.306 e. The highest BCUT2D eigenvalue weighted by molar-refractivity contribution is 7.22. The molecule has 3 heterocycles. The minimum atomic E-state index is -0.654. The van der Waals surface area contributed by atoms with Crippen molar-refractivity contribution >= 4 is 50.2 Å². The van der Waals surface area contributed by atoms with Crippen molar-refractivity contribution in [1.82, 2.24) is 25.0 Å². The first kappa shape index (κ1) is 32.1. The number of likely N-dealkylation sites (tertiary alicyclic amines) is 1. The van der Waals surface area contributed by atoms with Crippen molar-refractivity contribution in [3.63, 3.8) is 0 Å². The average Bonchev–Trinajstić information content (AvgIpc) is 3.67.